The molecule has 0 bridgehead atoms. The molecule has 0 aliphatic carbocycles. The van der Waals surface area contributed by atoms with Crippen LogP contribution in [0.25, 0.3) is 11.1 Å². The molecule has 9 heteroatoms. The maximum Gasteiger partial charge on any atom is 0.320 e. The first-order chi connectivity index (χ1) is 14.9. The third-order valence-corrected chi connectivity index (χ3v) is 6.57. The summed E-state index contributed by atoms with van der Waals surface area (Å²) in [6, 6.07) is 10.3. The second-order valence-electron chi connectivity index (χ2n) is 8.01. The van der Waals surface area contributed by atoms with Crippen molar-refractivity contribution in [2.24, 2.45) is 5.92 Å². The third-order valence-electron chi connectivity index (χ3n) is 6.16. The molecule has 0 radical (unpaired) electrons. The van der Waals surface area contributed by atoms with Crippen LogP contribution < -0.4 is 4.72 Å². The Bertz CT molecular complexity index is 986. The number of benzene rings is 2. The van der Waals surface area contributed by atoms with Gasteiger partial charge in [-0.15, -0.1) is 0 Å². The van der Waals surface area contributed by atoms with Gasteiger partial charge in [0.25, 0.3) is 0 Å². The zero-order chi connectivity index (χ0) is 22.0. The van der Waals surface area contributed by atoms with Crippen LogP contribution in [0.2, 0.25) is 0 Å². The van der Waals surface area contributed by atoms with Crippen LogP contribution in [-0.2, 0) is 17.7 Å². The second kappa shape index (κ2) is 9.42. The average Bonchev–Trinajstić information content (AvgIpc) is 3.09. The molecule has 3 atom stereocenters. The van der Waals surface area contributed by atoms with E-state index in [1.54, 1.807) is 34.1 Å². The molecule has 4 rings (SSSR count). The minimum atomic E-state index is -2.40. The lowest BCUT2D eigenvalue weighted by molar-refractivity contribution is 0.118. The number of likely N-dealkylation sites (tertiary alicyclic amines) is 2. The predicted octanol–water partition coefficient (Wildman–Crippen LogP) is 3.07. The molecule has 0 spiro atoms. The van der Waals surface area contributed by atoms with Gasteiger partial charge in [0, 0.05) is 49.1 Å². The number of hydrogen-bond acceptors (Lipinski definition) is 3. The van der Waals surface area contributed by atoms with Gasteiger partial charge in [-0.1, -0.05) is 30.3 Å². The average molecular weight is 449 g/mol. The number of carbonyl (C=O) groups is 1. The SMILES string of the molecule is O=C(N1CCC1)N1CC[C@@H](CNS(=O)[O-])[C@@H]1Cc1cccc(-c2cccc(F)c2)c1F. The van der Waals surface area contributed by atoms with Crippen molar-refractivity contribution in [1.29, 1.82) is 0 Å². The largest absolute Gasteiger partial charge is 0.760 e. The molecule has 2 aliphatic heterocycles. The smallest absolute Gasteiger partial charge is 0.320 e. The molecule has 2 fully saturated rings. The van der Waals surface area contributed by atoms with Gasteiger partial charge >= 0.3 is 6.03 Å². The maximum absolute atomic E-state index is 15.4. The number of urea groups is 1. The van der Waals surface area contributed by atoms with Crippen molar-refractivity contribution in [1.82, 2.24) is 14.5 Å². The third kappa shape index (κ3) is 4.78. The second-order valence-corrected chi connectivity index (χ2v) is 8.77. The van der Waals surface area contributed by atoms with Gasteiger partial charge in [0.05, 0.1) is 0 Å². The van der Waals surface area contributed by atoms with E-state index in [4.69, 9.17) is 0 Å². The molecule has 166 valence electrons. The van der Waals surface area contributed by atoms with E-state index < -0.39 is 22.9 Å². The van der Waals surface area contributed by atoms with Crippen LogP contribution in [0.4, 0.5) is 13.6 Å². The lowest BCUT2D eigenvalue weighted by Gasteiger charge is -2.38. The van der Waals surface area contributed by atoms with Crippen molar-refractivity contribution in [3.63, 3.8) is 0 Å². The summed E-state index contributed by atoms with van der Waals surface area (Å²) >= 11 is -2.40. The molecule has 0 saturated carbocycles. The summed E-state index contributed by atoms with van der Waals surface area (Å²) in [5.41, 5.74) is 1.16. The van der Waals surface area contributed by atoms with Crippen molar-refractivity contribution in [3.8, 4) is 11.1 Å². The molecule has 2 amide bonds. The van der Waals surface area contributed by atoms with Crippen LogP contribution in [-0.4, -0.2) is 56.8 Å². The highest BCUT2D eigenvalue weighted by atomic mass is 32.2. The van der Waals surface area contributed by atoms with E-state index in [1.807, 2.05) is 0 Å². The molecule has 1 N–H and O–H groups in total. The fraction of sp³-hybridized carbons (Fsp3) is 0.409. The molecule has 1 unspecified atom stereocenters. The highest BCUT2D eigenvalue weighted by Gasteiger charge is 2.40. The number of nitrogens with one attached hydrogen (secondary N) is 1. The first kappa shape index (κ1) is 21.9. The van der Waals surface area contributed by atoms with Gasteiger partial charge in [0.1, 0.15) is 11.6 Å². The van der Waals surface area contributed by atoms with Crippen LogP contribution in [0.15, 0.2) is 42.5 Å². The van der Waals surface area contributed by atoms with E-state index in [1.165, 1.54) is 18.2 Å². The molecule has 2 aromatic carbocycles. The predicted molar refractivity (Wildman–Crippen MR) is 113 cm³/mol. The van der Waals surface area contributed by atoms with Gasteiger partial charge in [-0.25, -0.2) is 18.3 Å². The Kier molecular flexibility index (Phi) is 6.64. The first-order valence-corrected chi connectivity index (χ1v) is 11.4. The normalized spacial score (nSPS) is 21.8. The minimum Gasteiger partial charge on any atom is -0.760 e. The zero-order valence-electron chi connectivity index (χ0n) is 16.9. The Morgan fingerprint density at radius 1 is 1.16 bits per heavy atom. The fourth-order valence-electron chi connectivity index (χ4n) is 4.38. The number of rotatable bonds is 6. The molecular weight excluding hydrogens is 424 g/mol. The number of carbonyl (C=O) groups excluding carboxylic acids is 1. The molecule has 0 aromatic heterocycles. The highest BCUT2D eigenvalue weighted by Crippen LogP contribution is 2.32. The Hall–Kier alpha value is -2.36. The van der Waals surface area contributed by atoms with Gasteiger partial charge in [-0.2, -0.15) is 0 Å². The Morgan fingerprint density at radius 3 is 2.61 bits per heavy atom. The molecule has 2 heterocycles. The van der Waals surface area contributed by atoms with Crippen LogP contribution in [0.3, 0.4) is 0 Å². The number of halogens is 2. The van der Waals surface area contributed by atoms with Crippen LogP contribution in [0, 0.1) is 17.6 Å². The number of nitrogens with zero attached hydrogens (tertiary/aromatic N) is 2. The van der Waals surface area contributed by atoms with E-state index in [-0.39, 0.29) is 31.0 Å². The Balaban J connectivity index is 1.61. The maximum atomic E-state index is 15.4. The van der Waals surface area contributed by atoms with Gasteiger partial charge in [0.2, 0.25) is 0 Å². The summed E-state index contributed by atoms with van der Waals surface area (Å²) in [6.07, 6.45) is 1.86. The summed E-state index contributed by atoms with van der Waals surface area (Å²) < 4.78 is 53.4. The van der Waals surface area contributed by atoms with Gasteiger partial charge in [-0.05, 0) is 48.4 Å². The van der Waals surface area contributed by atoms with Gasteiger partial charge < -0.3 is 14.4 Å². The fourth-order valence-corrected chi connectivity index (χ4v) is 4.73. The molecule has 2 aliphatic rings. The molecule has 6 nitrogen and oxygen atoms in total. The number of amides is 2. The van der Waals surface area contributed by atoms with E-state index in [0.29, 0.717) is 42.7 Å². The van der Waals surface area contributed by atoms with Crippen LogP contribution in [0.1, 0.15) is 18.4 Å². The van der Waals surface area contributed by atoms with Gasteiger partial charge in [-0.3, -0.25) is 4.21 Å². The number of hydrogen-bond donors (Lipinski definition) is 1. The summed E-state index contributed by atoms with van der Waals surface area (Å²) in [4.78, 5) is 16.4. The monoisotopic (exact) mass is 448 g/mol. The molecular formula is C22H24F2N3O3S-. The zero-order valence-corrected chi connectivity index (χ0v) is 17.7. The summed E-state index contributed by atoms with van der Waals surface area (Å²) in [6.45, 7) is 2.11. The minimum absolute atomic E-state index is 0.0799. The Labute approximate surface area is 182 Å². The van der Waals surface area contributed by atoms with Crippen LogP contribution >= 0.6 is 0 Å². The molecule has 2 aromatic rings. The summed E-state index contributed by atoms with van der Waals surface area (Å²) in [7, 11) is 0. The highest BCUT2D eigenvalue weighted by molar-refractivity contribution is 7.77. The van der Waals surface area contributed by atoms with E-state index in [9.17, 15) is 17.9 Å². The topological polar surface area (TPSA) is 75.7 Å². The summed E-state index contributed by atoms with van der Waals surface area (Å²) in [5, 5.41) is 0. The lowest BCUT2D eigenvalue weighted by Crippen LogP contribution is -2.52. The quantitative estimate of drug-likeness (QED) is 0.690. The molecule has 2 saturated heterocycles. The van der Waals surface area contributed by atoms with E-state index in [0.717, 1.165) is 6.42 Å². The first-order valence-electron chi connectivity index (χ1n) is 10.4. The van der Waals surface area contributed by atoms with Crippen molar-refractivity contribution in [2.75, 3.05) is 26.2 Å². The Morgan fingerprint density at radius 2 is 1.94 bits per heavy atom. The van der Waals surface area contributed by atoms with Crippen molar-refractivity contribution in [3.05, 3.63) is 59.7 Å². The standard InChI is InChI=1S/C22H25F2N3O3S/c23-18-6-1-4-15(12-18)19-7-2-5-16(21(19)24)13-20-17(14-25-31(29)30)8-11-27(20)22(28)26-9-3-10-26/h1-2,4-7,12,17,20,25H,3,8-11,13-14H2,(H,29,30)/p-1/t17-,20-/m0/s1. The van der Waals surface area contributed by atoms with Crippen LogP contribution in [0.5, 0.6) is 0 Å². The van der Waals surface area contributed by atoms with E-state index in [2.05, 4.69) is 4.72 Å². The summed E-state index contributed by atoms with van der Waals surface area (Å²) in [5.74, 6) is -1.02. The van der Waals surface area contributed by atoms with E-state index >= 15 is 4.39 Å². The van der Waals surface area contributed by atoms with Crippen molar-refractivity contribution < 1.29 is 22.3 Å². The van der Waals surface area contributed by atoms with Crippen molar-refractivity contribution in [2.45, 2.75) is 25.3 Å². The molecule has 31 heavy (non-hydrogen) atoms. The van der Waals surface area contributed by atoms with Gasteiger partial charge in [0.15, 0.2) is 0 Å². The lowest BCUT2D eigenvalue weighted by atomic mass is 9.92. The van der Waals surface area contributed by atoms with Crippen molar-refractivity contribution >= 4 is 17.3 Å².